The summed E-state index contributed by atoms with van der Waals surface area (Å²) >= 11 is 0. The number of carboxylic acids is 1. The fraction of sp³-hybridized carbons (Fsp3) is 0.238. The van der Waals surface area contributed by atoms with Crippen molar-refractivity contribution < 1.29 is 27.9 Å². The molecule has 156 valence electrons. The lowest BCUT2D eigenvalue weighted by molar-refractivity contribution is -0.145. The van der Waals surface area contributed by atoms with Crippen molar-refractivity contribution in [2.75, 3.05) is 10.0 Å². The van der Waals surface area contributed by atoms with Crippen LogP contribution >= 0.6 is 0 Å². The van der Waals surface area contributed by atoms with E-state index in [9.17, 15) is 23.1 Å². The third kappa shape index (κ3) is 3.81. The summed E-state index contributed by atoms with van der Waals surface area (Å²) in [6, 6.07) is 12.6. The van der Waals surface area contributed by atoms with Crippen LogP contribution in [-0.2, 0) is 24.3 Å². The van der Waals surface area contributed by atoms with Crippen LogP contribution in [0.3, 0.4) is 0 Å². The predicted octanol–water partition coefficient (Wildman–Crippen LogP) is 2.39. The van der Waals surface area contributed by atoms with Gasteiger partial charge in [0.25, 0.3) is 10.0 Å². The van der Waals surface area contributed by atoms with Crippen LogP contribution in [0.1, 0.15) is 5.56 Å². The number of amides is 1. The summed E-state index contributed by atoms with van der Waals surface area (Å²) in [5.41, 5.74) is 1.72. The first-order valence-corrected chi connectivity index (χ1v) is 10.8. The molecule has 4 rings (SSSR count). The minimum absolute atomic E-state index is 0.148. The molecule has 2 aromatic rings. The molecular weight excluding hydrogens is 408 g/mol. The van der Waals surface area contributed by atoms with Gasteiger partial charge in [-0.25, -0.2) is 8.42 Å². The van der Waals surface area contributed by atoms with E-state index < -0.39 is 45.9 Å². The Bertz CT molecular complexity index is 1110. The number of hydrogen-bond acceptors (Lipinski definition) is 5. The van der Waals surface area contributed by atoms with Crippen LogP contribution in [0.15, 0.2) is 65.6 Å². The van der Waals surface area contributed by atoms with Gasteiger partial charge in [-0.1, -0.05) is 29.8 Å². The number of benzene rings is 2. The van der Waals surface area contributed by atoms with Gasteiger partial charge in [-0.3, -0.25) is 14.3 Å². The molecule has 30 heavy (non-hydrogen) atoms. The number of sulfonamides is 1. The van der Waals surface area contributed by atoms with Crippen LogP contribution < -0.4 is 10.0 Å². The van der Waals surface area contributed by atoms with E-state index in [0.29, 0.717) is 11.4 Å². The summed E-state index contributed by atoms with van der Waals surface area (Å²) in [6.45, 7) is 1.87. The van der Waals surface area contributed by atoms with Crippen molar-refractivity contribution in [3.63, 3.8) is 0 Å². The molecule has 2 bridgehead atoms. The SMILES string of the molecule is Cc1ccc(S(=O)(=O)Nc2ccc(NC(=O)[C@@H]3[C@@H](C(=O)O)[C@H]4C=C[C@H]3O4)cc2)cc1. The van der Waals surface area contributed by atoms with Gasteiger partial charge >= 0.3 is 5.97 Å². The number of fused-ring (bicyclic) bond motifs is 2. The van der Waals surface area contributed by atoms with Crippen LogP contribution in [-0.4, -0.2) is 37.6 Å². The molecule has 0 aromatic heterocycles. The number of aliphatic carboxylic acids is 1. The molecular formula is C21H20N2O6S. The van der Waals surface area contributed by atoms with Crippen molar-refractivity contribution >= 4 is 33.3 Å². The van der Waals surface area contributed by atoms with Crippen LogP contribution in [0, 0.1) is 18.8 Å². The molecule has 1 amide bonds. The zero-order chi connectivity index (χ0) is 21.5. The molecule has 1 fully saturated rings. The van der Waals surface area contributed by atoms with E-state index in [1.165, 1.54) is 24.3 Å². The van der Waals surface area contributed by atoms with Gasteiger partial charge in [0.05, 0.1) is 23.0 Å². The predicted molar refractivity (Wildman–Crippen MR) is 109 cm³/mol. The van der Waals surface area contributed by atoms with E-state index in [1.54, 1.807) is 36.4 Å². The number of aryl methyl sites for hydroxylation is 1. The third-order valence-electron chi connectivity index (χ3n) is 5.22. The highest BCUT2D eigenvalue weighted by atomic mass is 32.2. The molecule has 2 aliphatic heterocycles. The maximum Gasteiger partial charge on any atom is 0.310 e. The van der Waals surface area contributed by atoms with Gasteiger partial charge in [0, 0.05) is 11.4 Å². The van der Waals surface area contributed by atoms with Crippen molar-refractivity contribution in [2.45, 2.75) is 24.0 Å². The molecule has 2 aliphatic rings. The van der Waals surface area contributed by atoms with Crippen LogP contribution in [0.4, 0.5) is 11.4 Å². The van der Waals surface area contributed by atoms with Crippen LogP contribution in [0.2, 0.25) is 0 Å². The standard InChI is InChI=1S/C21H20N2O6S/c1-12-2-8-15(9-3-12)30(27,28)23-14-6-4-13(5-7-14)22-20(24)18-16-10-11-17(29-16)19(18)21(25)26/h2-11,16-19,23H,1H3,(H,22,24)(H,25,26)/t16-,17-,18+,19+/m1/s1. The topological polar surface area (TPSA) is 122 Å². The molecule has 4 atom stereocenters. The van der Waals surface area contributed by atoms with Crippen molar-refractivity contribution in [1.29, 1.82) is 0 Å². The number of carboxylic acid groups (broad SMARTS) is 1. The number of hydrogen-bond donors (Lipinski definition) is 3. The summed E-state index contributed by atoms with van der Waals surface area (Å²) in [7, 11) is -3.73. The lowest BCUT2D eigenvalue weighted by atomic mass is 9.82. The Labute approximate surface area is 173 Å². The van der Waals surface area contributed by atoms with Gasteiger partial charge in [0.15, 0.2) is 0 Å². The lowest BCUT2D eigenvalue weighted by Crippen LogP contribution is -2.39. The normalized spacial score (nSPS) is 24.6. The Hall–Kier alpha value is -3.17. The molecule has 0 saturated carbocycles. The Morgan fingerprint density at radius 3 is 2.07 bits per heavy atom. The van der Waals surface area contributed by atoms with Gasteiger partial charge < -0.3 is 15.2 Å². The molecule has 2 heterocycles. The van der Waals surface area contributed by atoms with Gasteiger partial charge in [0.1, 0.15) is 5.92 Å². The number of ether oxygens (including phenoxy) is 1. The Morgan fingerprint density at radius 1 is 0.900 bits per heavy atom. The molecule has 0 radical (unpaired) electrons. The van der Waals surface area contributed by atoms with E-state index in [2.05, 4.69) is 10.0 Å². The first-order chi connectivity index (χ1) is 14.2. The van der Waals surface area contributed by atoms with E-state index >= 15 is 0 Å². The van der Waals surface area contributed by atoms with E-state index in [0.717, 1.165) is 5.56 Å². The second kappa shape index (κ2) is 7.58. The fourth-order valence-corrected chi connectivity index (χ4v) is 4.75. The summed E-state index contributed by atoms with van der Waals surface area (Å²) < 4.78 is 32.9. The summed E-state index contributed by atoms with van der Waals surface area (Å²) in [6.07, 6.45) is 2.22. The maximum absolute atomic E-state index is 12.6. The minimum Gasteiger partial charge on any atom is -0.481 e. The molecule has 9 heteroatoms. The van der Waals surface area contributed by atoms with Crippen LogP contribution in [0.25, 0.3) is 0 Å². The Kier molecular flexibility index (Phi) is 5.08. The Morgan fingerprint density at radius 2 is 1.47 bits per heavy atom. The zero-order valence-corrected chi connectivity index (χ0v) is 16.8. The van der Waals surface area contributed by atoms with Crippen molar-refractivity contribution in [2.24, 2.45) is 11.8 Å². The first-order valence-electron chi connectivity index (χ1n) is 9.31. The molecule has 0 aliphatic carbocycles. The van der Waals surface area contributed by atoms with Gasteiger partial charge in [-0.05, 0) is 43.3 Å². The molecule has 3 N–H and O–H groups in total. The molecule has 2 aromatic carbocycles. The molecule has 8 nitrogen and oxygen atoms in total. The summed E-state index contributed by atoms with van der Waals surface area (Å²) in [5, 5.41) is 12.1. The van der Waals surface area contributed by atoms with E-state index in [4.69, 9.17) is 4.74 Å². The van der Waals surface area contributed by atoms with Gasteiger partial charge in [-0.2, -0.15) is 0 Å². The van der Waals surface area contributed by atoms with Crippen molar-refractivity contribution in [3.05, 3.63) is 66.2 Å². The first kappa shape index (κ1) is 20.1. The maximum atomic E-state index is 12.6. The summed E-state index contributed by atoms with van der Waals surface area (Å²) in [5.74, 6) is -3.28. The zero-order valence-electron chi connectivity index (χ0n) is 16.0. The number of nitrogens with one attached hydrogen (secondary N) is 2. The monoisotopic (exact) mass is 428 g/mol. The van der Waals surface area contributed by atoms with Crippen LogP contribution in [0.5, 0.6) is 0 Å². The largest absolute Gasteiger partial charge is 0.481 e. The van der Waals surface area contributed by atoms with E-state index in [1.807, 2.05) is 6.92 Å². The average Bonchev–Trinajstić information content (AvgIpc) is 3.31. The summed E-state index contributed by atoms with van der Waals surface area (Å²) in [4.78, 5) is 24.3. The van der Waals surface area contributed by atoms with Crippen molar-refractivity contribution in [1.82, 2.24) is 0 Å². The second-order valence-electron chi connectivity index (χ2n) is 7.33. The smallest absolute Gasteiger partial charge is 0.310 e. The van der Waals surface area contributed by atoms with E-state index in [-0.39, 0.29) is 4.90 Å². The van der Waals surface area contributed by atoms with Gasteiger partial charge in [0.2, 0.25) is 5.91 Å². The molecule has 1 saturated heterocycles. The average molecular weight is 428 g/mol. The van der Waals surface area contributed by atoms with Crippen molar-refractivity contribution in [3.8, 4) is 0 Å². The molecule has 0 unspecified atom stereocenters. The quantitative estimate of drug-likeness (QED) is 0.608. The third-order valence-corrected chi connectivity index (χ3v) is 6.62. The minimum atomic E-state index is -3.73. The number of carbonyl (C=O) groups is 2. The number of rotatable bonds is 6. The fourth-order valence-electron chi connectivity index (χ4n) is 3.69. The lowest BCUT2D eigenvalue weighted by Gasteiger charge is -2.21. The highest BCUT2D eigenvalue weighted by Crippen LogP contribution is 2.39. The highest BCUT2D eigenvalue weighted by molar-refractivity contribution is 7.92. The number of carbonyl (C=O) groups excluding carboxylic acids is 1. The Balaban J connectivity index is 1.44. The number of anilines is 2. The van der Waals surface area contributed by atoms with Gasteiger partial charge in [-0.15, -0.1) is 0 Å². The second-order valence-corrected chi connectivity index (χ2v) is 9.01. The molecule has 0 spiro atoms. The highest BCUT2D eigenvalue weighted by Gasteiger charge is 2.53.